The maximum atomic E-state index is 5.72. The van der Waals surface area contributed by atoms with Gasteiger partial charge in [-0.1, -0.05) is 12.1 Å². The normalized spacial score (nSPS) is 11.2. The number of hydrogen-bond donors (Lipinski definition) is 5. The highest BCUT2D eigenvalue weighted by atomic mass is 15.1. The molecule has 0 amide bonds. The molecular weight excluding hydrogens is 388 g/mol. The maximum Gasteiger partial charge on any atom is 0.221 e. The molecule has 154 valence electrons. The van der Waals surface area contributed by atoms with Crippen molar-refractivity contribution in [3.05, 3.63) is 73.2 Å². The number of H-pyrrole nitrogens is 2. The highest BCUT2D eigenvalue weighted by Gasteiger charge is 2.12. The smallest absolute Gasteiger partial charge is 0.221 e. The van der Waals surface area contributed by atoms with Gasteiger partial charge in [0, 0.05) is 53.0 Å². The second kappa shape index (κ2) is 7.92. The van der Waals surface area contributed by atoms with Crippen LogP contribution >= 0.6 is 0 Å². The van der Waals surface area contributed by atoms with Gasteiger partial charge in [-0.15, -0.1) is 6.58 Å². The van der Waals surface area contributed by atoms with Crippen LogP contribution in [0.4, 0.5) is 17.5 Å². The van der Waals surface area contributed by atoms with Crippen molar-refractivity contribution in [3.63, 3.8) is 0 Å². The molecule has 0 aliphatic heterocycles. The van der Waals surface area contributed by atoms with Crippen molar-refractivity contribution < 1.29 is 0 Å². The fourth-order valence-electron chi connectivity index (χ4n) is 3.75. The standard InChI is InChI=1S/C23H22N8/c1-2-6-25-11-16-12-27-20-4-3-14(9-18(16)20)19-10-17(8-15-13-28-31-22(15)19)29-21-5-7-26-23(24)30-21/h2-5,7-10,12-13,25,27H,1,6,11H2,(H,28,31)(H3,24,26,29,30). The molecule has 8 heteroatoms. The summed E-state index contributed by atoms with van der Waals surface area (Å²) < 4.78 is 0. The summed E-state index contributed by atoms with van der Waals surface area (Å²) in [4.78, 5) is 11.5. The molecule has 0 bridgehead atoms. The molecule has 5 aromatic rings. The van der Waals surface area contributed by atoms with Gasteiger partial charge in [0.15, 0.2) is 0 Å². The van der Waals surface area contributed by atoms with E-state index in [4.69, 9.17) is 5.73 Å². The number of nitrogens with zero attached hydrogens (tertiary/aromatic N) is 3. The number of nitrogens with one attached hydrogen (secondary N) is 4. The van der Waals surface area contributed by atoms with Crippen molar-refractivity contribution >= 4 is 39.3 Å². The van der Waals surface area contributed by atoms with Crippen molar-refractivity contribution in [3.8, 4) is 11.1 Å². The van der Waals surface area contributed by atoms with Gasteiger partial charge >= 0.3 is 0 Å². The van der Waals surface area contributed by atoms with Crippen molar-refractivity contribution in [2.75, 3.05) is 17.6 Å². The van der Waals surface area contributed by atoms with E-state index in [1.807, 2.05) is 24.5 Å². The molecule has 6 N–H and O–H groups in total. The molecule has 31 heavy (non-hydrogen) atoms. The van der Waals surface area contributed by atoms with Crippen LogP contribution in [0.2, 0.25) is 0 Å². The Kier molecular flexibility index (Phi) is 4.81. The lowest BCUT2D eigenvalue weighted by Crippen LogP contribution is -2.12. The van der Waals surface area contributed by atoms with Crippen LogP contribution in [0.15, 0.2) is 67.6 Å². The lowest BCUT2D eigenvalue weighted by molar-refractivity contribution is 0.765. The molecule has 2 aromatic carbocycles. The third-order valence-electron chi connectivity index (χ3n) is 5.18. The van der Waals surface area contributed by atoms with Gasteiger partial charge in [0.05, 0.1) is 11.7 Å². The molecule has 0 aliphatic rings. The first-order valence-corrected chi connectivity index (χ1v) is 9.96. The average Bonchev–Trinajstić information content (AvgIpc) is 3.40. The van der Waals surface area contributed by atoms with Crippen LogP contribution in [0, 0.1) is 0 Å². The first-order chi connectivity index (χ1) is 15.2. The molecule has 0 unspecified atom stereocenters. The zero-order valence-corrected chi connectivity index (χ0v) is 16.8. The first kappa shape index (κ1) is 18.8. The third kappa shape index (κ3) is 3.72. The Labute approximate surface area is 178 Å². The van der Waals surface area contributed by atoms with E-state index in [-0.39, 0.29) is 5.95 Å². The average molecular weight is 410 g/mol. The Balaban J connectivity index is 1.57. The Bertz CT molecular complexity index is 1380. The minimum absolute atomic E-state index is 0.227. The molecule has 5 rings (SSSR count). The molecule has 0 aliphatic carbocycles. The zero-order valence-electron chi connectivity index (χ0n) is 16.8. The van der Waals surface area contributed by atoms with Gasteiger partial charge < -0.3 is 21.4 Å². The van der Waals surface area contributed by atoms with Crippen molar-refractivity contribution in [1.82, 2.24) is 30.5 Å². The van der Waals surface area contributed by atoms with Crippen LogP contribution in [-0.2, 0) is 6.54 Å². The summed E-state index contributed by atoms with van der Waals surface area (Å²) >= 11 is 0. The Morgan fingerprint density at radius 1 is 1.16 bits per heavy atom. The molecule has 0 saturated carbocycles. The number of nitrogens with two attached hydrogens (primary N) is 1. The molecule has 0 atom stereocenters. The summed E-state index contributed by atoms with van der Waals surface area (Å²) in [5, 5.41) is 16.2. The summed E-state index contributed by atoms with van der Waals surface area (Å²) in [6, 6.07) is 12.3. The molecule has 8 nitrogen and oxygen atoms in total. The Hall–Kier alpha value is -4.17. The van der Waals surface area contributed by atoms with Crippen LogP contribution in [0.25, 0.3) is 32.9 Å². The van der Waals surface area contributed by atoms with Crippen LogP contribution in [0.3, 0.4) is 0 Å². The quantitative estimate of drug-likeness (QED) is 0.203. The van der Waals surface area contributed by atoms with E-state index in [0.717, 1.165) is 46.3 Å². The second-order valence-corrected chi connectivity index (χ2v) is 7.28. The molecular formula is C23H22N8. The van der Waals surface area contributed by atoms with Gasteiger partial charge in [0.2, 0.25) is 5.95 Å². The lowest BCUT2D eigenvalue weighted by atomic mass is 9.99. The molecule has 0 spiro atoms. The number of aromatic nitrogens is 5. The molecule has 3 heterocycles. The molecule has 0 fully saturated rings. The Morgan fingerprint density at radius 3 is 2.97 bits per heavy atom. The number of rotatable bonds is 7. The predicted molar refractivity (Wildman–Crippen MR) is 125 cm³/mol. The van der Waals surface area contributed by atoms with Crippen molar-refractivity contribution in [1.29, 1.82) is 0 Å². The number of fused-ring (bicyclic) bond motifs is 2. The summed E-state index contributed by atoms with van der Waals surface area (Å²) in [6.07, 6.45) is 7.36. The maximum absolute atomic E-state index is 5.72. The zero-order chi connectivity index (χ0) is 21.2. The van der Waals surface area contributed by atoms with Gasteiger partial charge in [-0.3, -0.25) is 5.10 Å². The number of nitrogen functional groups attached to an aromatic ring is 1. The minimum atomic E-state index is 0.227. The lowest BCUT2D eigenvalue weighted by Gasteiger charge is -2.10. The molecule has 0 saturated heterocycles. The fourth-order valence-corrected chi connectivity index (χ4v) is 3.75. The summed E-state index contributed by atoms with van der Waals surface area (Å²) in [5.74, 6) is 0.864. The second-order valence-electron chi connectivity index (χ2n) is 7.28. The monoisotopic (exact) mass is 410 g/mol. The predicted octanol–water partition coefficient (Wildman–Crippen LogP) is 4.10. The SMILES string of the molecule is C=CCNCc1c[nH]c2ccc(-c3cc(Nc4ccnc(N)n4)cc4cn[nH]c34)cc12. The van der Waals surface area contributed by atoms with Gasteiger partial charge in [-0.05, 0) is 41.5 Å². The highest BCUT2D eigenvalue weighted by molar-refractivity contribution is 5.99. The molecule has 0 radical (unpaired) electrons. The topological polar surface area (TPSA) is 120 Å². The van der Waals surface area contributed by atoms with Gasteiger partial charge in [0.25, 0.3) is 0 Å². The van der Waals surface area contributed by atoms with Crippen LogP contribution < -0.4 is 16.4 Å². The third-order valence-corrected chi connectivity index (χ3v) is 5.18. The van der Waals surface area contributed by atoms with Gasteiger partial charge in [0.1, 0.15) is 5.82 Å². The van der Waals surface area contributed by atoms with Crippen LogP contribution in [-0.4, -0.2) is 31.7 Å². The summed E-state index contributed by atoms with van der Waals surface area (Å²) in [6.45, 7) is 5.30. The summed E-state index contributed by atoms with van der Waals surface area (Å²) in [5.41, 5.74) is 12.0. The van der Waals surface area contributed by atoms with Crippen molar-refractivity contribution in [2.24, 2.45) is 0 Å². The number of aromatic amines is 2. The summed E-state index contributed by atoms with van der Waals surface area (Å²) in [7, 11) is 0. The first-order valence-electron chi connectivity index (χ1n) is 9.96. The van der Waals surface area contributed by atoms with Gasteiger partial charge in [-0.2, -0.15) is 10.1 Å². The van der Waals surface area contributed by atoms with E-state index in [2.05, 4.69) is 66.6 Å². The fraction of sp³-hybridized carbons (Fsp3) is 0.0870. The molecule has 3 aromatic heterocycles. The van der Waals surface area contributed by atoms with E-state index in [1.165, 1.54) is 10.9 Å². The number of hydrogen-bond acceptors (Lipinski definition) is 6. The van der Waals surface area contributed by atoms with E-state index in [9.17, 15) is 0 Å². The van der Waals surface area contributed by atoms with E-state index in [0.29, 0.717) is 5.82 Å². The van der Waals surface area contributed by atoms with Crippen molar-refractivity contribution in [2.45, 2.75) is 6.54 Å². The number of benzene rings is 2. The highest BCUT2D eigenvalue weighted by Crippen LogP contribution is 2.34. The van der Waals surface area contributed by atoms with Crippen LogP contribution in [0.5, 0.6) is 0 Å². The van der Waals surface area contributed by atoms with Gasteiger partial charge in [-0.25, -0.2) is 4.98 Å². The minimum Gasteiger partial charge on any atom is -0.368 e. The van der Waals surface area contributed by atoms with E-state index in [1.54, 1.807) is 12.3 Å². The van der Waals surface area contributed by atoms with Crippen LogP contribution in [0.1, 0.15) is 5.56 Å². The number of anilines is 3. The Morgan fingerprint density at radius 2 is 2.10 bits per heavy atom. The largest absolute Gasteiger partial charge is 0.368 e. The van der Waals surface area contributed by atoms with E-state index < -0.39 is 0 Å². The van der Waals surface area contributed by atoms with E-state index >= 15 is 0 Å².